The average molecular weight is 368 g/mol. The van der Waals surface area contributed by atoms with Gasteiger partial charge >= 0.3 is 5.97 Å². The fourth-order valence-corrected chi connectivity index (χ4v) is 2.71. The predicted molar refractivity (Wildman–Crippen MR) is 100 cm³/mol. The molecule has 2 rings (SSSR count). The summed E-state index contributed by atoms with van der Waals surface area (Å²) >= 11 is 0. The highest BCUT2D eigenvalue weighted by Gasteiger charge is 2.21. The quantitative estimate of drug-likeness (QED) is 0.301. The highest BCUT2D eigenvalue weighted by molar-refractivity contribution is 5.77. The van der Waals surface area contributed by atoms with E-state index in [9.17, 15) is 20.0 Å². The Bertz CT molecular complexity index is 846. The van der Waals surface area contributed by atoms with Gasteiger partial charge in [-0.2, -0.15) is 5.26 Å². The first-order chi connectivity index (χ1) is 12.9. The zero-order valence-electron chi connectivity index (χ0n) is 14.6. The molecule has 0 aliphatic carbocycles. The van der Waals surface area contributed by atoms with Gasteiger partial charge in [-0.05, 0) is 43.0 Å². The fraction of sp³-hybridized carbons (Fsp3) is 0.263. The zero-order chi connectivity index (χ0) is 19.8. The van der Waals surface area contributed by atoms with Crippen molar-refractivity contribution in [2.24, 2.45) is 5.73 Å². The largest absolute Gasteiger partial charge is 0.479 e. The molecule has 0 bridgehead atoms. The minimum Gasteiger partial charge on any atom is -0.479 e. The van der Waals surface area contributed by atoms with E-state index in [-0.39, 0.29) is 5.69 Å². The highest BCUT2D eigenvalue weighted by Crippen LogP contribution is 2.19. The lowest BCUT2D eigenvalue weighted by Crippen LogP contribution is -2.48. The summed E-state index contributed by atoms with van der Waals surface area (Å²) in [7, 11) is 0. The normalized spacial score (nSPS) is 11.4. The lowest BCUT2D eigenvalue weighted by Gasteiger charge is -2.28. The maximum absolute atomic E-state index is 11.3. The number of anilines is 1. The molecule has 8 heteroatoms. The minimum atomic E-state index is -1.21. The Morgan fingerprint density at radius 2 is 1.96 bits per heavy atom. The van der Waals surface area contributed by atoms with Crippen LogP contribution in [0, 0.1) is 21.4 Å². The number of nitrogens with two attached hydrogens (primary N) is 1. The molecule has 27 heavy (non-hydrogen) atoms. The summed E-state index contributed by atoms with van der Waals surface area (Å²) in [4.78, 5) is 23.1. The van der Waals surface area contributed by atoms with Gasteiger partial charge in [0.15, 0.2) is 6.17 Å². The molecule has 0 aromatic heterocycles. The maximum atomic E-state index is 11.3. The SMILES string of the molecule is N#Cc1cccc(N(CCCCc2ccc([N+](=O)[O-])cc2)C(N)C(=O)O)c1. The number of nitriles is 1. The van der Waals surface area contributed by atoms with Gasteiger partial charge in [0.1, 0.15) is 0 Å². The van der Waals surface area contributed by atoms with E-state index in [2.05, 4.69) is 0 Å². The van der Waals surface area contributed by atoms with Crippen LogP contribution in [0.25, 0.3) is 0 Å². The van der Waals surface area contributed by atoms with E-state index in [1.54, 1.807) is 41.3 Å². The van der Waals surface area contributed by atoms with Crippen molar-refractivity contribution in [1.29, 1.82) is 5.26 Å². The number of carboxylic acid groups (broad SMARTS) is 1. The Balaban J connectivity index is 1.98. The maximum Gasteiger partial charge on any atom is 0.341 e. The van der Waals surface area contributed by atoms with Gasteiger partial charge in [-0.3, -0.25) is 10.1 Å². The summed E-state index contributed by atoms with van der Waals surface area (Å²) in [6, 6.07) is 15.1. The van der Waals surface area contributed by atoms with Crippen LogP contribution in [0.5, 0.6) is 0 Å². The Morgan fingerprint density at radius 3 is 2.56 bits per heavy atom. The fourth-order valence-electron chi connectivity index (χ4n) is 2.71. The molecule has 0 aliphatic rings. The number of hydrogen-bond acceptors (Lipinski definition) is 6. The number of aliphatic carboxylic acids is 1. The van der Waals surface area contributed by atoms with Crippen LogP contribution in [-0.2, 0) is 11.2 Å². The van der Waals surface area contributed by atoms with E-state index in [1.807, 2.05) is 6.07 Å². The van der Waals surface area contributed by atoms with Crippen molar-refractivity contribution < 1.29 is 14.8 Å². The number of nitro benzene ring substituents is 1. The topological polar surface area (TPSA) is 133 Å². The third-order valence-corrected chi connectivity index (χ3v) is 4.16. The predicted octanol–water partition coefficient (Wildman–Crippen LogP) is 2.67. The van der Waals surface area contributed by atoms with Gasteiger partial charge in [0, 0.05) is 24.4 Å². The van der Waals surface area contributed by atoms with Crippen molar-refractivity contribution in [1.82, 2.24) is 0 Å². The Morgan fingerprint density at radius 1 is 1.26 bits per heavy atom. The van der Waals surface area contributed by atoms with E-state index < -0.39 is 17.1 Å². The number of aryl methyl sites for hydroxylation is 1. The zero-order valence-corrected chi connectivity index (χ0v) is 14.6. The molecule has 2 aromatic carbocycles. The summed E-state index contributed by atoms with van der Waals surface area (Å²) in [5.41, 5.74) is 7.84. The Kier molecular flexibility index (Phi) is 6.86. The molecule has 140 valence electrons. The molecule has 1 unspecified atom stereocenters. The van der Waals surface area contributed by atoms with Crippen LogP contribution in [0.1, 0.15) is 24.0 Å². The number of unbranched alkanes of at least 4 members (excludes halogenated alkanes) is 1. The third-order valence-electron chi connectivity index (χ3n) is 4.16. The second-order valence-corrected chi connectivity index (χ2v) is 6.02. The van der Waals surface area contributed by atoms with Crippen LogP contribution >= 0.6 is 0 Å². The standard InChI is InChI=1S/C19H20N4O4/c20-13-15-5-3-6-17(12-15)22(18(21)19(24)25)11-2-1-4-14-7-9-16(10-8-14)23(26)27/h3,5-10,12,18H,1-2,4,11,21H2,(H,24,25). The number of carbonyl (C=O) groups is 1. The van der Waals surface area contributed by atoms with Crippen molar-refractivity contribution in [3.8, 4) is 6.07 Å². The molecule has 0 amide bonds. The summed E-state index contributed by atoms with van der Waals surface area (Å²) < 4.78 is 0. The van der Waals surface area contributed by atoms with Crippen molar-refractivity contribution in [2.45, 2.75) is 25.4 Å². The molecule has 1 atom stereocenters. The molecular formula is C19H20N4O4. The van der Waals surface area contributed by atoms with E-state index >= 15 is 0 Å². The van der Waals surface area contributed by atoms with E-state index in [4.69, 9.17) is 11.0 Å². The number of non-ortho nitro benzene ring substituents is 1. The number of hydrogen-bond donors (Lipinski definition) is 2. The molecule has 0 saturated heterocycles. The van der Waals surface area contributed by atoms with Gasteiger partial charge in [-0.1, -0.05) is 18.2 Å². The third kappa shape index (κ3) is 5.52. The number of nitrogens with zero attached hydrogens (tertiary/aromatic N) is 3. The summed E-state index contributed by atoms with van der Waals surface area (Å²) in [5.74, 6) is -1.15. The first kappa shape index (κ1) is 19.9. The highest BCUT2D eigenvalue weighted by atomic mass is 16.6. The molecule has 2 aromatic rings. The molecule has 0 fully saturated rings. The van der Waals surface area contributed by atoms with Crippen molar-refractivity contribution >= 4 is 17.3 Å². The molecule has 8 nitrogen and oxygen atoms in total. The first-order valence-corrected chi connectivity index (χ1v) is 8.41. The second-order valence-electron chi connectivity index (χ2n) is 6.02. The minimum absolute atomic E-state index is 0.0507. The van der Waals surface area contributed by atoms with Gasteiger partial charge in [0.05, 0.1) is 16.6 Å². The average Bonchev–Trinajstić information content (AvgIpc) is 2.67. The molecule has 0 aliphatic heterocycles. The number of benzene rings is 2. The van der Waals surface area contributed by atoms with E-state index in [1.165, 1.54) is 12.1 Å². The molecule has 0 spiro atoms. The molecule has 0 radical (unpaired) electrons. The van der Waals surface area contributed by atoms with Crippen molar-refractivity contribution in [2.75, 3.05) is 11.4 Å². The van der Waals surface area contributed by atoms with E-state index in [0.29, 0.717) is 30.6 Å². The summed E-state index contributed by atoms with van der Waals surface area (Å²) in [5, 5.41) is 29.0. The monoisotopic (exact) mass is 368 g/mol. The first-order valence-electron chi connectivity index (χ1n) is 8.41. The molecule has 0 heterocycles. The Hall–Kier alpha value is -3.44. The van der Waals surface area contributed by atoms with Gasteiger partial charge in [-0.25, -0.2) is 4.79 Å². The van der Waals surface area contributed by atoms with Crippen LogP contribution in [0.2, 0.25) is 0 Å². The van der Waals surface area contributed by atoms with E-state index in [0.717, 1.165) is 12.0 Å². The smallest absolute Gasteiger partial charge is 0.341 e. The van der Waals surface area contributed by atoms with Crippen LogP contribution in [0.4, 0.5) is 11.4 Å². The molecular weight excluding hydrogens is 348 g/mol. The van der Waals surface area contributed by atoms with Gasteiger partial charge in [-0.15, -0.1) is 0 Å². The van der Waals surface area contributed by atoms with Crippen LogP contribution in [0.3, 0.4) is 0 Å². The number of nitro groups is 1. The molecule has 0 saturated carbocycles. The van der Waals surface area contributed by atoms with Crippen LogP contribution in [0.15, 0.2) is 48.5 Å². The number of carboxylic acids is 1. The Labute approximate surface area is 156 Å². The van der Waals surface area contributed by atoms with Gasteiger partial charge in [0.25, 0.3) is 5.69 Å². The van der Waals surface area contributed by atoms with Crippen molar-refractivity contribution in [3.63, 3.8) is 0 Å². The lowest BCUT2D eigenvalue weighted by molar-refractivity contribution is -0.384. The summed E-state index contributed by atoms with van der Waals surface area (Å²) in [6.45, 7) is 0.412. The van der Waals surface area contributed by atoms with Crippen LogP contribution in [-0.4, -0.2) is 28.7 Å². The summed E-state index contributed by atoms with van der Waals surface area (Å²) in [6.07, 6.45) is 0.943. The lowest BCUT2D eigenvalue weighted by atomic mass is 10.1. The number of rotatable bonds is 9. The van der Waals surface area contributed by atoms with Crippen molar-refractivity contribution in [3.05, 3.63) is 69.8 Å². The molecule has 3 N–H and O–H groups in total. The van der Waals surface area contributed by atoms with Crippen LogP contribution < -0.4 is 10.6 Å². The van der Waals surface area contributed by atoms with Gasteiger partial charge in [0.2, 0.25) is 0 Å². The second kappa shape index (κ2) is 9.31. The van der Waals surface area contributed by atoms with Gasteiger partial charge < -0.3 is 15.7 Å².